The molecule has 22 heavy (non-hydrogen) atoms. The first-order valence-electron chi connectivity index (χ1n) is 8.33. The number of aryl methyl sites for hydroxylation is 2. The molecular formula is C16H30N6. The summed E-state index contributed by atoms with van der Waals surface area (Å²) < 4.78 is 1.94. The van der Waals surface area contributed by atoms with Crippen molar-refractivity contribution in [1.29, 1.82) is 0 Å². The Kier molecular flexibility index (Phi) is 9.90. The largest absolute Gasteiger partial charge is 0.323 e. The van der Waals surface area contributed by atoms with Crippen LogP contribution in [0.5, 0.6) is 0 Å². The van der Waals surface area contributed by atoms with E-state index in [1.54, 1.807) is 6.21 Å². The summed E-state index contributed by atoms with van der Waals surface area (Å²) in [5, 5.41) is 11.6. The number of hydrazone groups is 1. The Morgan fingerprint density at radius 2 is 1.77 bits per heavy atom. The Hall–Kier alpha value is -1.72. The highest BCUT2D eigenvalue weighted by atomic mass is 15.4. The number of hydrogen-bond acceptors (Lipinski definition) is 5. The van der Waals surface area contributed by atoms with Crippen molar-refractivity contribution in [3.05, 3.63) is 11.9 Å². The normalized spacial score (nSPS) is 12.4. The summed E-state index contributed by atoms with van der Waals surface area (Å²) in [5.74, 6) is 5.13. The Morgan fingerprint density at radius 3 is 2.36 bits per heavy atom. The van der Waals surface area contributed by atoms with Crippen molar-refractivity contribution in [1.82, 2.24) is 15.0 Å². The molecule has 0 aliphatic heterocycles. The second-order valence-corrected chi connectivity index (χ2v) is 5.76. The van der Waals surface area contributed by atoms with Gasteiger partial charge in [0.1, 0.15) is 0 Å². The van der Waals surface area contributed by atoms with E-state index in [2.05, 4.69) is 20.4 Å². The SMILES string of the molecule is CC(C=NCCCCCCCCCCn1cc(C)nn1)=NN. The first-order valence-corrected chi connectivity index (χ1v) is 8.33. The Balaban J connectivity index is 1.83. The van der Waals surface area contributed by atoms with E-state index >= 15 is 0 Å². The van der Waals surface area contributed by atoms with Gasteiger partial charge in [-0.2, -0.15) is 5.10 Å². The molecular weight excluding hydrogens is 276 g/mol. The van der Waals surface area contributed by atoms with Gasteiger partial charge in [0, 0.05) is 25.5 Å². The minimum Gasteiger partial charge on any atom is -0.323 e. The first-order chi connectivity index (χ1) is 10.7. The fraction of sp³-hybridized carbons (Fsp3) is 0.750. The van der Waals surface area contributed by atoms with Crippen LogP contribution >= 0.6 is 0 Å². The predicted octanol–water partition coefficient (Wildman–Crippen LogP) is 3.11. The molecule has 0 saturated carbocycles. The predicted molar refractivity (Wildman–Crippen MR) is 92.4 cm³/mol. The molecule has 0 saturated heterocycles. The van der Waals surface area contributed by atoms with Gasteiger partial charge in [-0.15, -0.1) is 5.10 Å². The minimum absolute atomic E-state index is 0.779. The number of aliphatic imine (C=N–C) groups is 1. The third-order valence-electron chi connectivity index (χ3n) is 3.56. The molecule has 0 radical (unpaired) electrons. The second-order valence-electron chi connectivity index (χ2n) is 5.76. The smallest absolute Gasteiger partial charge is 0.0796 e. The van der Waals surface area contributed by atoms with Crippen molar-refractivity contribution in [3.63, 3.8) is 0 Å². The third-order valence-corrected chi connectivity index (χ3v) is 3.56. The van der Waals surface area contributed by atoms with Gasteiger partial charge in [0.05, 0.1) is 11.4 Å². The molecule has 124 valence electrons. The third kappa shape index (κ3) is 9.26. The van der Waals surface area contributed by atoms with Crippen LogP contribution in [0.2, 0.25) is 0 Å². The summed E-state index contributed by atoms with van der Waals surface area (Å²) in [6.45, 7) is 5.70. The zero-order chi connectivity index (χ0) is 16.0. The van der Waals surface area contributed by atoms with Crippen molar-refractivity contribution in [2.75, 3.05) is 6.54 Å². The van der Waals surface area contributed by atoms with Gasteiger partial charge < -0.3 is 5.84 Å². The van der Waals surface area contributed by atoms with Gasteiger partial charge >= 0.3 is 0 Å². The van der Waals surface area contributed by atoms with Crippen LogP contribution in [0.1, 0.15) is 64.0 Å². The molecule has 0 aliphatic rings. The first kappa shape index (κ1) is 18.3. The number of nitrogens with zero attached hydrogens (tertiary/aromatic N) is 5. The van der Waals surface area contributed by atoms with Crippen LogP contribution < -0.4 is 5.84 Å². The molecule has 1 aromatic rings. The van der Waals surface area contributed by atoms with E-state index in [1.807, 2.05) is 24.7 Å². The lowest BCUT2D eigenvalue weighted by atomic mass is 10.1. The van der Waals surface area contributed by atoms with E-state index in [0.29, 0.717) is 0 Å². The van der Waals surface area contributed by atoms with E-state index < -0.39 is 0 Å². The summed E-state index contributed by atoms with van der Waals surface area (Å²) >= 11 is 0. The summed E-state index contributed by atoms with van der Waals surface area (Å²) in [4.78, 5) is 4.28. The van der Waals surface area contributed by atoms with E-state index in [4.69, 9.17) is 5.84 Å². The Bertz CT molecular complexity index is 449. The zero-order valence-electron chi connectivity index (χ0n) is 14.0. The highest BCUT2D eigenvalue weighted by Gasteiger charge is 1.96. The molecule has 2 N–H and O–H groups in total. The number of aromatic nitrogens is 3. The van der Waals surface area contributed by atoms with Crippen LogP contribution in [0, 0.1) is 6.92 Å². The highest BCUT2D eigenvalue weighted by molar-refractivity contribution is 6.29. The molecule has 6 nitrogen and oxygen atoms in total. The van der Waals surface area contributed by atoms with Crippen LogP contribution in [0.15, 0.2) is 16.3 Å². The fourth-order valence-electron chi connectivity index (χ4n) is 2.27. The van der Waals surface area contributed by atoms with Gasteiger partial charge in [-0.05, 0) is 26.7 Å². The van der Waals surface area contributed by atoms with Gasteiger partial charge in [0.2, 0.25) is 0 Å². The summed E-state index contributed by atoms with van der Waals surface area (Å²) in [6.07, 6.45) is 13.9. The minimum atomic E-state index is 0.779. The molecule has 0 unspecified atom stereocenters. The molecule has 0 atom stereocenters. The van der Waals surface area contributed by atoms with Crippen molar-refractivity contribution in [2.45, 2.75) is 71.8 Å². The molecule has 6 heteroatoms. The monoisotopic (exact) mass is 306 g/mol. The molecule has 0 spiro atoms. The van der Waals surface area contributed by atoms with Crippen molar-refractivity contribution < 1.29 is 0 Å². The van der Waals surface area contributed by atoms with Crippen LogP contribution in [-0.4, -0.2) is 33.5 Å². The number of unbranched alkanes of at least 4 members (excludes halogenated alkanes) is 7. The Labute approximate surface area is 133 Å². The number of nitrogens with two attached hydrogens (primary N) is 1. The topological polar surface area (TPSA) is 81.5 Å². The van der Waals surface area contributed by atoms with Crippen LogP contribution in [-0.2, 0) is 6.54 Å². The lowest BCUT2D eigenvalue weighted by Crippen LogP contribution is -1.98. The van der Waals surface area contributed by atoms with Gasteiger partial charge in [-0.1, -0.05) is 43.7 Å². The van der Waals surface area contributed by atoms with Crippen LogP contribution in [0.3, 0.4) is 0 Å². The zero-order valence-corrected chi connectivity index (χ0v) is 14.0. The molecule has 0 aromatic carbocycles. The van der Waals surface area contributed by atoms with E-state index in [-0.39, 0.29) is 0 Å². The lowest BCUT2D eigenvalue weighted by molar-refractivity contribution is 0.510. The maximum Gasteiger partial charge on any atom is 0.0796 e. The summed E-state index contributed by atoms with van der Waals surface area (Å²) in [5.41, 5.74) is 1.77. The maximum absolute atomic E-state index is 5.13. The van der Waals surface area contributed by atoms with Crippen molar-refractivity contribution in [2.24, 2.45) is 15.9 Å². The van der Waals surface area contributed by atoms with Crippen molar-refractivity contribution in [3.8, 4) is 0 Å². The molecule has 1 aromatic heterocycles. The molecule has 0 amide bonds. The average Bonchev–Trinajstić information content (AvgIpc) is 2.93. The Morgan fingerprint density at radius 1 is 1.14 bits per heavy atom. The molecule has 1 heterocycles. The van der Waals surface area contributed by atoms with E-state index in [0.717, 1.165) is 30.9 Å². The molecule has 0 fully saturated rings. The molecule has 0 aliphatic carbocycles. The second kappa shape index (κ2) is 11.9. The van der Waals surface area contributed by atoms with E-state index in [9.17, 15) is 0 Å². The highest BCUT2D eigenvalue weighted by Crippen LogP contribution is 2.09. The van der Waals surface area contributed by atoms with Crippen LogP contribution in [0.4, 0.5) is 0 Å². The lowest BCUT2D eigenvalue weighted by Gasteiger charge is -2.02. The van der Waals surface area contributed by atoms with Gasteiger partial charge in [0.25, 0.3) is 0 Å². The fourth-order valence-corrected chi connectivity index (χ4v) is 2.27. The average molecular weight is 306 g/mol. The quantitative estimate of drug-likeness (QED) is 0.279. The van der Waals surface area contributed by atoms with Gasteiger partial charge in [-0.25, -0.2) is 0 Å². The summed E-state index contributed by atoms with van der Waals surface area (Å²) in [7, 11) is 0. The van der Waals surface area contributed by atoms with Crippen LogP contribution in [0.25, 0.3) is 0 Å². The molecule has 1 rings (SSSR count). The number of hydrogen-bond donors (Lipinski definition) is 1. The summed E-state index contributed by atoms with van der Waals surface area (Å²) in [6, 6.07) is 0. The van der Waals surface area contributed by atoms with Gasteiger partial charge in [0.15, 0.2) is 0 Å². The van der Waals surface area contributed by atoms with Gasteiger partial charge in [-0.3, -0.25) is 9.67 Å². The number of rotatable bonds is 12. The molecule has 0 bridgehead atoms. The maximum atomic E-state index is 5.13. The van der Waals surface area contributed by atoms with Crippen molar-refractivity contribution >= 4 is 11.9 Å². The van der Waals surface area contributed by atoms with E-state index in [1.165, 1.54) is 44.9 Å². The standard InChI is InChI=1S/C16H30N6/c1-15(19-17)13-18-11-9-7-5-3-4-6-8-10-12-22-14-16(2)20-21-22/h13-14H,3-12,17H2,1-2H3.